The minimum Gasteiger partial charge on any atom is -0.276 e. The van der Waals surface area contributed by atoms with Crippen LogP contribution in [0, 0.1) is 10.1 Å². The second-order valence-corrected chi connectivity index (χ2v) is 3.42. The molecule has 74 valence electrons. The zero-order valence-corrected chi connectivity index (χ0v) is 8.73. The number of carbonyl (C=O) groups excluding carboxylic acids is 1. The Morgan fingerprint density at radius 2 is 1.93 bits per heavy atom. The highest BCUT2D eigenvalue weighted by Gasteiger charge is 2.23. The first-order valence-corrected chi connectivity index (χ1v) is 4.40. The molecule has 0 aromatic heterocycles. The third-order valence-electron chi connectivity index (χ3n) is 1.46. The number of nitro benzene ring substituents is 1. The Labute approximate surface area is 93.5 Å². The standard InChI is InChI=1S/C7H2Cl3NO3/c8-4-2-1-3(7(10)12)5(9)6(4)11(13)14/h1-2H. The summed E-state index contributed by atoms with van der Waals surface area (Å²) < 4.78 is 0. The summed E-state index contributed by atoms with van der Waals surface area (Å²) in [6, 6.07) is 2.42. The lowest BCUT2D eigenvalue weighted by Crippen LogP contribution is -1.96. The summed E-state index contributed by atoms with van der Waals surface area (Å²) in [7, 11) is 0. The van der Waals surface area contributed by atoms with Crippen LogP contribution in [0.1, 0.15) is 10.4 Å². The van der Waals surface area contributed by atoms with Gasteiger partial charge >= 0.3 is 5.69 Å². The van der Waals surface area contributed by atoms with Crippen LogP contribution in [0.5, 0.6) is 0 Å². The second kappa shape index (κ2) is 4.13. The van der Waals surface area contributed by atoms with Gasteiger partial charge in [-0.2, -0.15) is 0 Å². The topological polar surface area (TPSA) is 60.2 Å². The van der Waals surface area contributed by atoms with E-state index in [4.69, 9.17) is 34.8 Å². The molecule has 7 heteroatoms. The summed E-state index contributed by atoms with van der Waals surface area (Å²) >= 11 is 16.2. The van der Waals surface area contributed by atoms with Crippen molar-refractivity contribution in [3.63, 3.8) is 0 Å². The molecule has 1 aromatic carbocycles. The van der Waals surface area contributed by atoms with Gasteiger partial charge in [0.1, 0.15) is 10.0 Å². The molecule has 0 atom stereocenters. The lowest BCUT2D eigenvalue weighted by Gasteiger charge is -2.00. The number of carbonyl (C=O) groups is 1. The van der Waals surface area contributed by atoms with Crippen molar-refractivity contribution in [1.29, 1.82) is 0 Å². The first-order valence-electron chi connectivity index (χ1n) is 3.27. The van der Waals surface area contributed by atoms with Crippen LogP contribution in [0.25, 0.3) is 0 Å². The fourth-order valence-corrected chi connectivity index (χ4v) is 1.66. The Morgan fingerprint density at radius 3 is 2.36 bits per heavy atom. The van der Waals surface area contributed by atoms with E-state index >= 15 is 0 Å². The lowest BCUT2D eigenvalue weighted by atomic mass is 10.2. The number of benzene rings is 1. The third kappa shape index (κ3) is 1.97. The molecule has 0 fully saturated rings. The number of halogens is 3. The Balaban J connectivity index is 3.49. The van der Waals surface area contributed by atoms with Gasteiger partial charge in [0.15, 0.2) is 0 Å². The Kier molecular flexibility index (Phi) is 3.31. The third-order valence-corrected chi connectivity index (χ3v) is 2.35. The van der Waals surface area contributed by atoms with Gasteiger partial charge in [-0.25, -0.2) is 0 Å². The highest BCUT2D eigenvalue weighted by molar-refractivity contribution is 6.69. The van der Waals surface area contributed by atoms with Crippen molar-refractivity contribution in [2.24, 2.45) is 0 Å². The van der Waals surface area contributed by atoms with Crippen LogP contribution in [-0.4, -0.2) is 10.2 Å². The largest absolute Gasteiger partial charge is 0.307 e. The van der Waals surface area contributed by atoms with Crippen LogP contribution in [0.4, 0.5) is 5.69 Å². The lowest BCUT2D eigenvalue weighted by molar-refractivity contribution is -0.384. The van der Waals surface area contributed by atoms with Gasteiger partial charge in [0.05, 0.1) is 10.5 Å². The summed E-state index contributed by atoms with van der Waals surface area (Å²) in [5.74, 6) is 0. The van der Waals surface area contributed by atoms with Crippen LogP contribution in [0.15, 0.2) is 12.1 Å². The van der Waals surface area contributed by atoms with E-state index in [0.29, 0.717) is 0 Å². The van der Waals surface area contributed by atoms with Crippen LogP contribution in [0.2, 0.25) is 10.0 Å². The summed E-state index contributed by atoms with van der Waals surface area (Å²) in [5, 5.41) is 9.15. The van der Waals surface area contributed by atoms with Gasteiger partial charge < -0.3 is 0 Å². The molecule has 0 aliphatic rings. The van der Waals surface area contributed by atoms with Crippen LogP contribution >= 0.6 is 34.8 Å². The molecule has 0 aliphatic heterocycles. The van der Waals surface area contributed by atoms with E-state index in [1.165, 1.54) is 12.1 Å². The first-order chi connectivity index (χ1) is 6.45. The molecule has 0 spiro atoms. The number of hydrogen-bond donors (Lipinski definition) is 0. The van der Waals surface area contributed by atoms with E-state index in [1.54, 1.807) is 0 Å². The molecule has 0 bridgehead atoms. The SMILES string of the molecule is O=C(Cl)c1ccc(Cl)c([N+](=O)[O-])c1Cl. The predicted molar refractivity (Wildman–Crippen MR) is 53.3 cm³/mol. The molecule has 1 aromatic rings. The molecule has 0 heterocycles. The Hall–Kier alpha value is -0.840. The summed E-state index contributed by atoms with van der Waals surface area (Å²) in [5.41, 5.74) is -0.649. The smallest absolute Gasteiger partial charge is 0.276 e. The van der Waals surface area contributed by atoms with E-state index in [9.17, 15) is 14.9 Å². The maximum Gasteiger partial charge on any atom is 0.307 e. The number of rotatable bonds is 2. The molecule has 14 heavy (non-hydrogen) atoms. The highest BCUT2D eigenvalue weighted by Crippen LogP contribution is 2.35. The molecular formula is C7H2Cl3NO3. The van der Waals surface area contributed by atoms with Crippen molar-refractivity contribution in [3.8, 4) is 0 Å². The van der Waals surface area contributed by atoms with Gasteiger partial charge in [-0.1, -0.05) is 23.2 Å². The van der Waals surface area contributed by atoms with Gasteiger partial charge in [-0.3, -0.25) is 14.9 Å². The first kappa shape index (κ1) is 11.2. The van der Waals surface area contributed by atoms with Crippen LogP contribution in [0.3, 0.4) is 0 Å². The summed E-state index contributed by atoms with van der Waals surface area (Å²) in [6.07, 6.45) is 0. The van der Waals surface area contributed by atoms with Crippen LogP contribution in [-0.2, 0) is 0 Å². The fourth-order valence-electron chi connectivity index (χ4n) is 0.860. The average Bonchev–Trinajstić information content (AvgIpc) is 2.02. The van der Waals surface area contributed by atoms with Gasteiger partial charge in [0, 0.05) is 0 Å². The van der Waals surface area contributed by atoms with Crippen molar-refractivity contribution < 1.29 is 9.72 Å². The molecule has 0 saturated carbocycles. The Bertz CT molecular complexity index is 419. The predicted octanol–water partition coefficient (Wildman–Crippen LogP) is 3.28. The van der Waals surface area contributed by atoms with E-state index in [0.717, 1.165) is 0 Å². The maximum atomic E-state index is 10.8. The molecule has 0 aliphatic carbocycles. The van der Waals surface area contributed by atoms with Crippen molar-refractivity contribution in [2.75, 3.05) is 0 Å². The number of nitrogens with zero attached hydrogens (tertiary/aromatic N) is 1. The van der Waals surface area contributed by atoms with Gasteiger partial charge in [-0.15, -0.1) is 0 Å². The average molecular weight is 254 g/mol. The highest BCUT2D eigenvalue weighted by atomic mass is 35.5. The quantitative estimate of drug-likeness (QED) is 0.462. The van der Waals surface area contributed by atoms with Gasteiger partial charge in [0.25, 0.3) is 5.24 Å². The minimum absolute atomic E-state index is 0.135. The molecule has 0 unspecified atom stereocenters. The molecule has 4 nitrogen and oxygen atoms in total. The number of hydrogen-bond acceptors (Lipinski definition) is 3. The molecule has 1 rings (SSSR count). The van der Waals surface area contributed by atoms with Crippen molar-refractivity contribution in [3.05, 3.63) is 37.9 Å². The maximum absolute atomic E-state index is 10.8. The normalized spacial score (nSPS) is 9.93. The van der Waals surface area contributed by atoms with E-state index in [2.05, 4.69) is 0 Å². The van der Waals surface area contributed by atoms with Crippen LogP contribution < -0.4 is 0 Å². The van der Waals surface area contributed by atoms with Gasteiger partial charge in [0.2, 0.25) is 0 Å². The Morgan fingerprint density at radius 1 is 1.36 bits per heavy atom. The van der Waals surface area contributed by atoms with Crippen molar-refractivity contribution in [1.82, 2.24) is 0 Å². The molecule has 0 saturated heterocycles. The summed E-state index contributed by atoms with van der Waals surface area (Å²) in [6.45, 7) is 0. The monoisotopic (exact) mass is 253 g/mol. The van der Waals surface area contributed by atoms with E-state index in [1.807, 2.05) is 0 Å². The molecule has 0 amide bonds. The van der Waals surface area contributed by atoms with Gasteiger partial charge in [-0.05, 0) is 23.7 Å². The molecule has 0 radical (unpaired) electrons. The second-order valence-electron chi connectivity index (χ2n) is 2.29. The van der Waals surface area contributed by atoms with Crippen molar-refractivity contribution >= 4 is 45.7 Å². The summed E-state index contributed by atoms with van der Waals surface area (Å²) in [4.78, 5) is 20.5. The van der Waals surface area contributed by atoms with E-state index in [-0.39, 0.29) is 15.6 Å². The fraction of sp³-hybridized carbons (Fsp3) is 0. The number of nitro groups is 1. The zero-order valence-electron chi connectivity index (χ0n) is 6.46. The molecular weight excluding hydrogens is 252 g/mol. The molecule has 0 N–H and O–H groups in total. The minimum atomic E-state index is -0.866. The van der Waals surface area contributed by atoms with E-state index < -0.39 is 15.9 Å². The zero-order chi connectivity index (χ0) is 10.9. The van der Waals surface area contributed by atoms with Crippen molar-refractivity contribution in [2.45, 2.75) is 0 Å².